The number of nitrogens with zero attached hydrogens (tertiary/aromatic N) is 2. The van der Waals surface area contributed by atoms with Gasteiger partial charge in [0.2, 0.25) is 5.91 Å². The molecule has 9 heteroatoms. The Morgan fingerprint density at radius 2 is 1.69 bits per heavy atom. The maximum absolute atomic E-state index is 12.7. The van der Waals surface area contributed by atoms with E-state index in [2.05, 4.69) is 27.8 Å². The molecule has 1 aromatic heterocycles. The van der Waals surface area contributed by atoms with Gasteiger partial charge in [0, 0.05) is 25.2 Å². The van der Waals surface area contributed by atoms with Gasteiger partial charge >= 0.3 is 12.1 Å². The second-order valence-electron chi connectivity index (χ2n) is 8.78. The van der Waals surface area contributed by atoms with Gasteiger partial charge in [-0.1, -0.05) is 62.4 Å². The van der Waals surface area contributed by atoms with Crippen LogP contribution >= 0.6 is 0 Å². The van der Waals surface area contributed by atoms with E-state index in [1.54, 1.807) is 4.57 Å². The summed E-state index contributed by atoms with van der Waals surface area (Å²) in [5.41, 5.74) is 4.46. The SMILES string of the molecule is CC(C)[C@@H](NC(=O)OCC1c2ccccc2-c2ccccc21)C(=O)NCCn1cnc(C(=O)O)c1. The summed E-state index contributed by atoms with van der Waals surface area (Å²) in [5.74, 6) is -1.68. The van der Waals surface area contributed by atoms with E-state index in [-0.39, 0.29) is 36.6 Å². The van der Waals surface area contributed by atoms with Gasteiger partial charge in [-0.3, -0.25) is 4.79 Å². The Bertz CT molecular complexity index is 1190. The number of benzene rings is 2. The van der Waals surface area contributed by atoms with Crippen LogP contribution in [0.5, 0.6) is 0 Å². The van der Waals surface area contributed by atoms with Crippen LogP contribution in [0, 0.1) is 5.92 Å². The van der Waals surface area contributed by atoms with Crippen molar-refractivity contribution in [3.63, 3.8) is 0 Å². The molecule has 3 aromatic rings. The smallest absolute Gasteiger partial charge is 0.407 e. The molecule has 1 heterocycles. The molecule has 0 unspecified atom stereocenters. The van der Waals surface area contributed by atoms with E-state index in [0.29, 0.717) is 6.54 Å². The van der Waals surface area contributed by atoms with Gasteiger partial charge in [0.15, 0.2) is 5.69 Å². The second kappa shape index (κ2) is 10.4. The first-order chi connectivity index (χ1) is 16.8. The molecule has 1 aliphatic rings. The fraction of sp³-hybridized carbons (Fsp3) is 0.308. The molecule has 4 rings (SSSR count). The molecule has 182 valence electrons. The topological polar surface area (TPSA) is 123 Å². The van der Waals surface area contributed by atoms with E-state index in [0.717, 1.165) is 22.3 Å². The highest BCUT2D eigenvalue weighted by molar-refractivity contribution is 5.86. The summed E-state index contributed by atoms with van der Waals surface area (Å²) in [6, 6.07) is 15.4. The number of carboxylic acids is 1. The Kier molecular flexibility index (Phi) is 7.14. The number of aromatic nitrogens is 2. The quantitative estimate of drug-likeness (QED) is 0.436. The number of aromatic carboxylic acids is 1. The van der Waals surface area contributed by atoms with Gasteiger partial charge in [0.05, 0.1) is 6.33 Å². The van der Waals surface area contributed by atoms with Crippen molar-refractivity contribution < 1.29 is 24.2 Å². The van der Waals surface area contributed by atoms with E-state index in [1.807, 2.05) is 50.2 Å². The number of fused-ring (bicyclic) bond motifs is 3. The predicted octanol–water partition coefficient (Wildman–Crippen LogP) is 3.26. The van der Waals surface area contributed by atoms with Crippen LogP contribution in [0.4, 0.5) is 4.79 Å². The number of carboxylic acid groups (broad SMARTS) is 1. The number of carbonyl (C=O) groups is 3. The Morgan fingerprint density at radius 3 is 2.26 bits per heavy atom. The van der Waals surface area contributed by atoms with Crippen molar-refractivity contribution in [2.24, 2.45) is 5.92 Å². The minimum Gasteiger partial charge on any atom is -0.476 e. The molecular weight excluding hydrogens is 448 g/mol. The van der Waals surface area contributed by atoms with Gasteiger partial charge in [0.25, 0.3) is 0 Å². The summed E-state index contributed by atoms with van der Waals surface area (Å²) >= 11 is 0. The van der Waals surface area contributed by atoms with Crippen LogP contribution in [-0.2, 0) is 16.1 Å². The summed E-state index contributed by atoms with van der Waals surface area (Å²) in [6.07, 6.45) is 2.13. The number of nitrogens with one attached hydrogen (secondary N) is 2. The molecule has 3 N–H and O–H groups in total. The van der Waals surface area contributed by atoms with Crippen LogP contribution in [0.3, 0.4) is 0 Å². The minimum atomic E-state index is -1.11. The highest BCUT2D eigenvalue weighted by atomic mass is 16.5. The fourth-order valence-electron chi connectivity index (χ4n) is 4.31. The molecule has 35 heavy (non-hydrogen) atoms. The van der Waals surface area contributed by atoms with Crippen LogP contribution in [0.1, 0.15) is 41.4 Å². The number of rotatable bonds is 9. The van der Waals surface area contributed by atoms with Gasteiger partial charge in [-0.25, -0.2) is 14.6 Å². The zero-order chi connectivity index (χ0) is 24.9. The summed E-state index contributed by atoms with van der Waals surface area (Å²) in [6.45, 7) is 4.44. The summed E-state index contributed by atoms with van der Waals surface area (Å²) in [5, 5.41) is 14.4. The third kappa shape index (κ3) is 5.34. The molecule has 0 bridgehead atoms. The van der Waals surface area contributed by atoms with Gasteiger partial charge in [-0.05, 0) is 28.2 Å². The third-order valence-electron chi connectivity index (χ3n) is 6.09. The van der Waals surface area contributed by atoms with Crippen molar-refractivity contribution in [2.45, 2.75) is 32.4 Å². The van der Waals surface area contributed by atoms with E-state index < -0.39 is 18.1 Å². The molecule has 0 spiro atoms. The number of amides is 2. The van der Waals surface area contributed by atoms with Crippen molar-refractivity contribution in [2.75, 3.05) is 13.2 Å². The van der Waals surface area contributed by atoms with Crippen molar-refractivity contribution in [1.82, 2.24) is 20.2 Å². The molecule has 1 atom stereocenters. The molecule has 2 aromatic carbocycles. The van der Waals surface area contributed by atoms with E-state index >= 15 is 0 Å². The lowest BCUT2D eigenvalue weighted by molar-refractivity contribution is -0.124. The first-order valence-corrected chi connectivity index (χ1v) is 11.5. The Morgan fingerprint density at radius 1 is 1.06 bits per heavy atom. The van der Waals surface area contributed by atoms with Crippen molar-refractivity contribution in [1.29, 1.82) is 0 Å². The maximum atomic E-state index is 12.7. The number of hydrogen-bond donors (Lipinski definition) is 3. The number of carbonyl (C=O) groups excluding carboxylic acids is 2. The zero-order valence-electron chi connectivity index (χ0n) is 19.6. The summed E-state index contributed by atoms with van der Waals surface area (Å²) in [7, 11) is 0. The Hall–Kier alpha value is -4.14. The van der Waals surface area contributed by atoms with E-state index in [1.165, 1.54) is 12.5 Å². The lowest BCUT2D eigenvalue weighted by Crippen LogP contribution is -2.50. The molecule has 0 saturated heterocycles. The minimum absolute atomic E-state index is 0.0618. The molecule has 0 aliphatic heterocycles. The molecule has 0 fully saturated rings. The number of ether oxygens (including phenoxy) is 1. The van der Waals surface area contributed by atoms with Crippen LogP contribution in [0.25, 0.3) is 11.1 Å². The van der Waals surface area contributed by atoms with Crippen LogP contribution in [0.2, 0.25) is 0 Å². The number of alkyl carbamates (subject to hydrolysis) is 1. The van der Waals surface area contributed by atoms with Gasteiger partial charge in [-0.15, -0.1) is 0 Å². The Labute approximate surface area is 203 Å². The first-order valence-electron chi connectivity index (χ1n) is 11.5. The van der Waals surface area contributed by atoms with Crippen LogP contribution in [-0.4, -0.2) is 51.8 Å². The molecule has 0 saturated carbocycles. The van der Waals surface area contributed by atoms with E-state index in [4.69, 9.17) is 9.84 Å². The molecule has 1 aliphatic carbocycles. The maximum Gasteiger partial charge on any atom is 0.407 e. The van der Waals surface area contributed by atoms with Gasteiger partial charge in [-0.2, -0.15) is 0 Å². The number of hydrogen-bond acceptors (Lipinski definition) is 5. The highest BCUT2D eigenvalue weighted by Gasteiger charge is 2.30. The van der Waals surface area contributed by atoms with Gasteiger partial charge in [0.1, 0.15) is 12.6 Å². The molecular formula is C26H28N4O5. The van der Waals surface area contributed by atoms with Crippen LogP contribution in [0.15, 0.2) is 61.1 Å². The fourth-order valence-corrected chi connectivity index (χ4v) is 4.31. The normalized spacial score (nSPS) is 13.1. The summed E-state index contributed by atoms with van der Waals surface area (Å²) in [4.78, 5) is 40.0. The van der Waals surface area contributed by atoms with Crippen molar-refractivity contribution in [3.8, 4) is 11.1 Å². The van der Waals surface area contributed by atoms with Crippen LogP contribution < -0.4 is 10.6 Å². The molecule has 9 nitrogen and oxygen atoms in total. The lowest BCUT2D eigenvalue weighted by Gasteiger charge is -2.22. The highest BCUT2D eigenvalue weighted by Crippen LogP contribution is 2.44. The Balaban J connectivity index is 1.32. The second-order valence-corrected chi connectivity index (χ2v) is 8.78. The largest absolute Gasteiger partial charge is 0.476 e. The first kappa shape index (κ1) is 24.0. The third-order valence-corrected chi connectivity index (χ3v) is 6.09. The number of imidazole rings is 1. The monoisotopic (exact) mass is 476 g/mol. The summed E-state index contributed by atoms with van der Waals surface area (Å²) < 4.78 is 7.15. The molecule has 2 amide bonds. The average Bonchev–Trinajstić information content (AvgIpc) is 3.44. The lowest BCUT2D eigenvalue weighted by atomic mass is 9.98. The predicted molar refractivity (Wildman–Crippen MR) is 129 cm³/mol. The zero-order valence-corrected chi connectivity index (χ0v) is 19.6. The standard InChI is InChI=1S/C26H28N4O5/c1-16(2)23(24(31)27-11-12-30-13-22(25(32)33)28-15-30)29-26(34)35-14-21-19-9-5-3-7-17(19)18-8-4-6-10-20(18)21/h3-10,13,15-16,21,23H,11-12,14H2,1-2H3,(H,27,31)(H,29,34)(H,32,33)/t23-/m1/s1. The average molecular weight is 477 g/mol. The van der Waals surface area contributed by atoms with Crippen molar-refractivity contribution >= 4 is 18.0 Å². The van der Waals surface area contributed by atoms with Gasteiger partial charge < -0.3 is 25.0 Å². The molecule has 0 radical (unpaired) electrons. The van der Waals surface area contributed by atoms with Crippen molar-refractivity contribution in [3.05, 3.63) is 77.9 Å². The van der Waals surface area contributed by atoms with E-state index in [9.17, 15) is 14.4 Å².